The quantitative estimate of drug-likeness (QED) is 0.0721. The van der Waals surface area contributed by atoms with Crippen molar-refractivity contribution in [2.75, 3.05) is 33.0 Å². The highest BCUT2D eigenvalue weighted by Gasteiger charge is 2.55. The van der Waals surface area contributed by atoms with Crippen LogP contribution in [-0.2, 0) is 42.6 Å². The SMILES string of the molecule is CCCCOCC1O[C@H](O)C(O[C@H]2OC(COC(=O)c3ccccc3)[C@@H](OC(=O)c3ccccc3)C(O)C2OC(=O)c2ccccc2)C(OCCCC)[C@@H]1OCCCC. The van der Waals surface area contributed by atoms with Crippen LogP contribution in [0.15, 0.2) is 91.0 Å². The first-order valence-corrected chi connectivity index (χ1v) is 20.6. The van der Waals surface area contributed by atoms with Gasteiger partial charge in [-0.05, 0) is 55.7 Å². The number of aliphatic hydroxyl groups is 2. The summed E-state index contributed by atoms with van der Waals surface area (Å²) in [4.78, 5) is 40.3. The molecule has 0 aromatic heterocycles. The van der Waals surface area contributed by atoms with Crippen molar-refractivity contribution < 1.29 is 67.2 Å². The van der Waals surface area contributed by atoms with Gasteiger partial charge in [-0.15, -0.1) is 0 Å². The lowest BCUT2D eigenvalue weighted by Crippen LogP contribution is -2.66. The first-order valence-electron chi connectivity index (χ1n) is 20.6. The fourth-order valence-corrected chi connectivity index (χ4v) is 6.65. The number of carbonyl (C=O) groups excluding carboxylic acids is 3. The molecule has 2 aliphatic rings. The van der Waals surface area contributed by atoms with Crippen molar-refractivity contribution in [1.82, 2.24) is 0 Å². The molecule has 2 N–H and O–H groups in total. The predicted octanol–water partition coefficient (Wildman–Crippen LogP) is 5.67. The highest BCUT2D eigenvalue weighted by molar-refractivity contribution is 5.90. The van der Waals surface area contributed by atoms with E-state index in [-0.39, 0.29) is 23.3 Å². The Morgan fingerprint density at radius 3 is 1.56 bits per heavy atom. The molecule has 3 aromatic carbocycles. The van der Waals surface area contributed by atoms with Crippen LogP contribution in [0, 0.1) is 0 Å². The summed E-state index contributed by atoms with van der Waals surface area (Å²) in [5.41, 5.74) is 0.584. The molecule has 0 spiro atoms. The summed E-state index contributed by atoms with van der Waals surface area (Å²) >= 11 is 0. The van der Waals surface area contributed by atoms with Crippen LogP contribution in [-0.4, -0.2) is 123 Å². The molecular weight excluding hydrogens is 764 g/mol. The molecule has 0 radical (unpaired) electrons. The summed E-state index contributed by atoms with van der Waals surface area (Å²) in [7, 11) is 0. The van der Waals surface area contributed by atoms with Crippen LogP contribution in [0.5, 0.6) is 0 Å². The number of carbonyl (C=O) groups is 3. The van der Waals surface area contributed by atoms with Crippen LogP contribution in [0.3, 0.4) is 0 Å². The van der Waals surface area contributed by atoms with E-state index in [4.69, 9.17) is 42.6 Å². The minimum atomic E-state index is -1.80. The average molecular weight is 823 g/mol. The topological polar surface area (TPSA) is 175 Å². The van der Waals surface area contributed by atoms with E-state index in [0.29, 0.717) is 26.2 Å². The third-order valence-corrected chi connectivity index (χ3v) is 9.95. The molecule has 2 aliphatic heterocycles. The lowest BCUT2D eigenvalue weighted by molar-refractivity contribution is -0.366. The van der Waals surface area contributed by atoms with E-state index in [9.17, 15) is 24.6 Å². The van der Waals surface area contributed by atoms with Crippen molar-refractivity contribution in [3.05, 3.63) is 108 Å². The van der Waals surface area contributed by atoms with Crippen LogP contribution in [0.2, 0.25) is 0 Å². The van der Waals surface area contributed by atoms with E-state index in [0.717, 1.165) is 32.1 Å². The van der Waals surface area contributed by atoms with Crippen molar-refractivity contribution in [3.63, 3.8) is 0 Å². The molecular formula is C45H58O14. The zero-order valence-corrected chi connectivity index (χ0v) is 34.0. The number of ether oxygens (including phenoxy) is 9. The van der Waals surface area contributed by atoms with E-state index in [1.54, 1.807) is 66.7 Å². The van der Waals surface area contributed by atoms with Crippen LogP contribution in [0.1, 0.15) is 90.4 Å². The second-order valence-electron chi connectivity index (χ2n) is 14.4. The number of hydrogen-bond acceptors (Lipinski definition) is 14. The Morgan fingerprint density at radius 1 is 0.542 bits per heavy atom. The molecule has 2 saturated heterocycles. The molecule has 6 unspecified atom stereocenters. The van der Waals surface area contributed by atoms with Crippen molar-refractivity contribution in [2.45, 2.75) is 121 Å². The Hall–Kier alpha value is -4.25. The van der Waals surface area contributed by atoms with Crippen LogP contribution in [0.25, 0.3) is 0 Å². The molecule has 14 nitrogen and oxygen atoms in total. The van der Waals surface area contributed by atoms with E-state index in [1.807, 2.05) is 13.8 Å². The van der Waals surface area contributed by atoms with Crippen molar-refractivity contribution in [3.8, 4) is 0 Å². The average Bonchev–Trinajstić information content (AvgIpc) is 3.26. The highest BCUT2D eigenvalue weighted by Crippen LogP contribution is 2.34. The first kappa shape index (κ1) is 45.8. The van der Waals surface area contributed by atoms with Crippen molar-refractivity contribution in [2.24, 2.45) is 0 Å². The van der Waals surface area contributed by atoms with E-state index >= 15 is 0 Å². The summed E-state index contributed by atoms with van der Waals surface area (Å²) in [5.74, 6) is -2.35. The van der Waals surface area contributed by atoms with Crippen LogP contribution in [0.4, 0.5) is 0 Å². The lowest BCUT2D eigenvalue weighted by atomic mass is 9.96. The Morgan fingerprint density at radius 2 is 1.02 bits per heavy atom. The van der Waals surface area contributed by atoms with Gasteiger partial charge in [0, 0.05) is 19.8 Å². The van der Waals surface area contributed by atoms with Crippen molar-refractivity contribution >= 4 is 17.9 Å². The van der Waals surface area contributed by atoms with Gasteiger partial charge in [0.15, 0.2) is 24.8 Å². The standard InChI is InChI=1S/C45H58O14/c1-4-7-25-51-28-33-37(52-26-8-5-2)39(53-27-9-6-3)40(44(50)55-33)59-45-38(58-43(49)32-23-17-12-18-24-32)35(46)36(57-42(48)31-21-15-11-16-22-31)34(56-45)29-54-41(47)30-19-13-10-14-20-30/h10-24,33-40,44-46,50H,4-9,25-29H2,1-3H3/t33?,34?,35?,36-,37-,38?,39?,40?,44+,45-/m1/s1. The number of benzene rings is 3. The molecule has 0 amide bonds. The third kappa shape index (κ3) is 13.1. The molecule has 5 rings (SSSR count). The minimum Gasteiger partial charge on any atom is -0.459 e. The van der Waals surface area contributed by atoms with Gasteiger partial charge < -0.3 is 52.8 Å². The van der Waals surface area contributed by atoms with E-state index < -0.39 is 85.9 Å². The molecule has 322 valence electrons. The number of esters is 3. The van der Waals surface area contributed by atoms with Crippen LogP contribution < -0.4 is 0 Å². The van der Waals surface area contributed by atoms with Gasteiger partial charge in [-0.25, -0.2) is 14.4 Å². The summed E-state index contributed by atoms with van der Waals surface area (Å²) < 4.78 is 55.3. The number of unbranched alkanes of at least 4 members (excludes halogenated alkanes) is 3. The monoisotopic (exact) mass is 822 g/mol. The largest absolute Gasteiger partial charge is 0.459 e. The molecule has 2 heterocycles. The summed E-state index contributed by atoms with van der Waals surface area (Å²) in [6.07, 6.45) is -8.51. The van der Waals surface area contributed by atoms with Gasteiger partial charge in [0.2, 0.25) is 0 Å². The smallest absolute Gasteiger partial charge is 0.338 e. The molecule has 0 saturated carbocycles. The fraction of sp³-hybridized carbons (Fsp3) is 0.533. The number of aliphatic hydroxyl groups excluding tert-OH is 2. The van der Waals surface area contributed by atoms with Crippen LogP contribution >= 0.6 is 0 Å². The second kappa shape index (κ2) is 24.1. The summed E-state index contributed by atoms with van der Waals surface area (Å²) in [6, 6.07) is 24.4. The van der Waals surface area contributed by atoms with Gasteiger partial charge in [-0.2, -0.15) is 0 Å². The maximum absolute atomic E-state index is 13.6. The Kier molecular flexibility index (Phi) is 18.7. The molecule has 0 aliphatic carbocycles. The fourth-order valence-electron chi connectivity index (χ4n) is 6.65. The summed E-state index contributed by atoms with van der Waals surface area (Å²) in [6.45, 7) is 6.87. The molecule has 2 fully saturated rings. The molecule has 10 atom stereocenters. The third-order valence-electron chi connectivity index (χ3n) is 9.95. The molecule has 0 bridgehead atoms. The number of hydrogen-bond donors (Lipinski definition) is 2. The molecule has 3 aromatic rings. The maximum atomic E-state index is 13.6. The van der Waals surface area contributed by atoms with Gasteiger partial charge in [0.05, 0.1) is 23.3 Å². The normalized spacial score (nSPS) is 26.8. The van der Waals surface area contributed by atoms with Gasteiger partial charge in [-0.3, -0.25) is 0 Å². The zero-order chi connectivity index (χ0) is 42.0. The van der Waals surface area contributed by atoms with Gasteiger partial charge in [0.25, 0.3) is 0 Å². The van der Waals surface area contributed by atoms with E-state index in [2.05, 4.69) is 6.92 Å². The van der Waals surface area contributed by atoms with Gasteiger partial charge in [-0.1, -0.05) is 94.6 Å². The minimum absolute atomic E-state index is 0.119. The van der Waals surface area contributed by atoms with Gasteiger partial charge >= 0.3 is 17.9 Å². The second-order valence-corrected chi connectivity index (χ2v) is 14.4. The molecule has 14 heteroatoms. The first-order chi connectivity index (χ1) is 28.7. The van der Waals surface area contributed by atoms with Crippen molar-refractivity contribution in [1.29, 1.82) is 0 Å². The predicted molar refractivity (Wildman–Crippen MR) is 213 cm³/mol. The number of rotatable bonds is 22. The lowest BCUT2D eigenvalue weighted by Gasteiger charge is -2.48. The zero-order valence-electron chi connectivity index (χ0n) is 34.0. The van der Waals surface area contributed by atoms with E-state index in [1.165, 1.54) is 24.3 Å². The molecule has 59 heavy (non-hydrogen) atoms. The Bertz CT molecular complexity index is 1680. The Labute approximate surface area is 345 Å². The maximum Gasteiger partial charge on any atom is 0.338 e. The summed E-state index contributed by atoms with van der Waals surface area (Å²) in [5, 5.41) is 23.8. The highest BCUT2D eigenvalue weighted by atomic mass is 16.8. The Balaban J connectivity index is 1.50. The van der Waals surface area contributed by atoms with Gasteiger partial charge in [0.1, 0.15) is 43.2 Å².